The van der Waals surface area contributed by atoms with Crippen LogP contribution in [0.5, 0.6) is 5.75 Å². The highest BCUT2D eigenvalue weighted by molar-refractivity contribution is 5.88. The minimum absolute atomic E-state index is 0.0928. The summed E-state index contributed by atoms with van der Waals surface area (Å²) in [6.07, 6.45) is 4.04. The van der Waals surface area contributed by atoms with E-state index in [4.69, 9.17) is 9.84 Å². The maximum atomic E-state index is 12.2. The molecule has 0 aromatic heterocycles. The second kappa shape index (κ2) is 9.94. The van der Waals surface area contributed by atoms with Gasteiger partial charge in [-0.1, -0.05) is 30.4 Å². The van der Waals surface area contributed by atoms with Crippen molar-refractivity contribution in [3.8, 4) is 5.75 Å². The van der Waals surface area contributed by atoms with Crippen molar-refractivity contribution in [1.29, 1.82) is 0 Å². The van der Waals surface area contributed by atoms with E-state index in [0.29, 0.717) is 19.6 Å². The Kier molecular flexibility index (Phi) is 7.62. The smallest absolute Gasteiger partial charge is 0.237 e. The Morgan fingerprint density at radius 1 is 1.46 bits per heavy atom. The number of hydrogen-bond donors (Lipinski definition) is 2. The number of nitrogens with zero attached hydrogens (tertiary/aromatic N) is 2. The number of likely N-dealkylation sites (N-methyl/N-ethyl adjacent to an activating group) is 1. The molecule has 142 valence electrons. The number of benzene rings is 1. The van der Waals surface area contributed by atoms with E-state index in [-0.39, 0.29) is 31.4 Å². The Balaban J connectivity index is 2.02. The van der Waals surface area contributed by atoms with E-state index in [1.54, 1.807) is 14.2 Å². The normalized spacial score (nSPS) is 18.0. The maximum Gasteiger partial charge on any atom is 0.237 e. The predicted molar refractivity (Wildman–Crippen MR) is 99.7 cm³/mol. The fourth-order valence-corrected chi connectivity index (χ4v) is 2.92. The highest BCUT2D eigenvalue weighted by atomic mass is 16.5. The van der Waals surface area contributed by atoms with Crippen LogP contribution in [-0.2, 0) is 9.59 Å². The van der Waals surface area contributed by atoms with E-state index in [1.165, 1.54) is 4.90 Å². The van der Waals surface area contributed by atoms with Gasteiger partial charge in [0.15, 0.2) is 0 Å². The minimum Gasteiger partial charge on any atom is -0.496 e. The third-order valence-electron chi connectivity index (χ3n) is 4.45. The van der Waals surface area contributed by atoms with Crippen molar-refractivity contribution in [2.24, 2.45) is 0 Å². The number of carbonyl (C=O) groups excluding carboxylic acids is 2. The molecule has 0 aliphatic carbocycles. The van der Waals surface area contributed by atoms with Crippen LogP contribution in [0.25, 0.3) is 6.08 Å². The van der Waals surface area contributed by atoms with Crippen molar-refractivity contribution in [1.82, 2.24) is 15.1 Å². The second-order valence-electron chi connectivity index (χ2n) is 6.19. The van der Waals surface area contributed by atoms with Crippen LogP contribution in [0.15, 0.2) is 30.3 Å². The number of methoxy groups -OCH3 is 1. The Morgan fingerprint density at radius 3 is 2.96 bits per heavy atom. The largest absolute Gasteiger partial charge is 0.496 e. The van der Waals surface area contributed by atoms with Gasteiger partial charge in [-0.05, 0) is 6.07 Å². The van der Waals surface area contributed by atoms with Crippen molar-refractivity contribution in [2.45, 2.75) is 12.5 Å². The minimum atomic E-state index is -0.500. The van der Waals surface area contributed by atoms with Crippen molar-refractivity contribution < 1.29 is 19.4 Å². The third kappa shape index (κ3) is 5.31. The van der Waals surface area contributed by atoms with Gasteiger partial charge < -0.3 is 20.1 Å². The van der Waals surface area contributed by atoms with Crippen LogP contribution in [0, 0.1) is 0 Å². The summed E-state index contributed by atoms with van der Waals surface area (Å²) in [6.45, 7) is 1.99. The lowest BCUT2D eigenvalue weighted by Gasteiger charge is -2.34. The zero-order valence-corrected chi connectivity index (χ0v) is 15.4. The lowest BCUT2D eigenvalue weighted by Crippen LogP contribution is -2.56. The van der Waals surface area contributed by atoms with Crippen molar-refractivity contribution in [3.63, 3.8) is 0 Å². The fraction of sp³-hybridized carbons (Fsp3) is 0.474. The van der Waals surface area contributed by atoms with Crippen LogP contribution in [-0.4, -0.2) is 79.7 Å². The Bertz CT molecular complexity index is 647. The summed E-state index contributed by atoms with van der Waals surface area (Å²) in [7, 11) is 3.26. The Labute approximate surface area is 154 Å². The molecule has 0 radical (unpaired) electrons. The molecule has 2 rings (SSSR count). The Hall–Kier alpha value is -2.38. The molecule has 1 aliphatic heterocycles. The van der Waals surface area contributed by atoms with Crippen LogP contribution in [0.4, 0.5) is 0 Å². The molecule has 2 N–H and O–H groups in total. The molecule has 1 heterocycles. The molecule has 1 aliphatic rings. The van der Waals surface area contributed by atoms with Crippen molar-refractivity contribution in [3.05, 3.63) is 35.9 Å². The van der Waals surface area contributed by atoms with E-state index in [1.807, 2.05) is 41.3 Å². The van der Waals surface area contributed by atoms with Crippen LogP contribution in [0.3, 0.4) is 0 Å². The van der Waals surface area contributed by atoms with Gasteiger partial charge in [-0.15, -0.1) is 0 Å². The molecule has 0 saturated carbocycles. The summed E-state index contributed by atoms with van der Waals surface area (Å²) >= 11 is 0. The van der Waals surface area contributed by atoms with Gasteiger partial charge in [0, 0.05) is 38.8 Å². The number of ether oxygens (including phenoxy) is 1. The summed E-state index contributed by atoms with van der Waals surface area (Å²) in [6, 6.07) is 7.21. The average Bonchev–Trinajstić information content (AvgIpc) is 2.64. The molecule has 1 fully saturated rings. The first-order chi connectivity index (χ1) is 12.6. The lowest BCUT2D eigenvalue weighted by atomic mass is 10.1. The summed E-state index contributed by atoms with van der Waals surface area (Å²) in [5.41, 5.74) is 0.965. The standard InChI is InChI=1S/C19H27N3O4/c1-21(12-13-23)18(24)14-16-19(25)20-9-11-22(16)10-5-7-15-6-3-4-8-17(15)26-2/h3-8,16,23H,9-14H2,1-2H3,(H,20,25)/b7-5+. The Morgan fingerprint density at radius 2 is 2.23 bits per heavy atom. The van der Waals surface area contributed by atoms with Gasteiger partial charge in [0.25, 0.3) is 0 Å². The first-order valence-electron chi connectivity index (χ1n) is 8.73. The van der Waals surface area contributed by atoms with E-state index in [0.717, 1.165) is 11.3 Å². The summed E-state index contributed by atoms with van der Waals surface area (Å²) in [5.74, 6) is 0.505. The molecule has 0 spiro atoms. The molecule has 1 unspecified atom stereocenters. The molecule has 2 amide bonds. The van der Waals surface area contributed by atoms with Gasteiger partial charge in [-0.2, -0.15) is 0 Å². The summed E-state index contributed by atoms with van der Waals surface area (Å²) in [5, 5.41) is 11.8. The maximum absolute atomic E-state index is 12.2. The molecular weight excluding hydrogens is 334 g/mol. The lowest BCUT2D eigenvalue weighted by molar-refractivity contribution is -0.138. The number of nitrogens with one attached hydrogen (secondary N) is 1. The van der Waals surface area contributed by atoms with Gasteiger partial charge in [0.05, 0.1) is 26.2 Å². The first kappa shape index (κ1) is 19.9. The number of amides is 2. The van der Waals surface area contributed by atoms with Crippen LogP contribution < -0.4 is 10.1 Å². The molecule has 26 heavy (non-hydrogen) atoms. The molecule has 7 nitrogen and oxygen atoms in total. The zero-order chi connectivity index (χ0) is 18.9. The number of aliphatic hydroxyl groups is 1. The molecule has 1 atom stereocenters. The second-order valence-corrected chi connectivity index (χ2v) is 6.19. The first-order valence-corrected chi connectivity index (χ1v) is 8.73. The highest BCUT2D eigenvalue weighted by Crippen LogP contribution is 2.19. The number of carbonyl (C=O) groups is 2. The van der Waals surface area contributed by atoms with Gasteiger partial charge in [-0.25, -0.2) is 0 Å². The molecule has 1 aromatic rings. The van der Waals surface area contributed by atoms with E-state index >= 15 is 0 Å². The summed E-state index contributed by atoms with van der Waals surface area (Å²) < 4.78 is 5.33. The van der Waals surface area contributed by atoms with E-state index < -0.39 is 6.04 Å². The highest BCUT2D eigenvalue weighted by Gasteiger charge is 2.31. The van der Waals surface area contributed by atoms with Crippen LogP contribution in [0.2, 0.25) is 0 Å². The number of piperazine rings is 1. The van der Waals surface area contributed by atoms with Gasteiger partial charge in [-0.3, -0.25) is 14.5 Å². The molecule has 1 saturated heterocycles. The quantitative estimate of drug-likeness (QED) is 0.698. The van der Waals surface area contributed by atoms with Gasteiger partial charge >= 0.3 is 0 Å². The van der Waals surface area contributed by atoms with Crippen molar-refractivity contribution in [2.75, 3.05) is 46.9 Å². The molecular formula is C19H27N3O4. The van der Waals surface area contributed by atoms with E-state index in [9.17, 15) is 9.59 Å². The predicted octanol–water partition coefficient (Wildman–Crippen LogP) is 0.350. The molecule has 1 aromatic carbocycles. The topological polar surface area (TPSA) is 82.1 Å². The average molecular weight is 361 g/mol. The number of rotatable bonds is 8. The summed E-state index contributed by atoms with van der Waals surface area (Å²) in [4.78, 5) is 27.9. The van der Waals surface area contributed by atoms with Crippen LogP contribution >= 0.6 is 0 Å². The van der Waals surface area contributed by atoms with Crippen LogP contribution in [0.1, 0.15) is 12.0 Å². The monoisotopic (exact) mass is 361 g/mol. The number of para-hydroxylation sites is 1. The molecule has 0 bridgehead atoms. The SMILES string of the molecule is COc1ccccc1/C=C/CN1CCNC(=O)C1CC(=O)N(C)CCO. The van der Waals surface area contributed by atoms with Gasteiger partial charge in [0.2, 0.25) is 11.8 Å². The fourth-order valence-electron chi connectivity index (χ4n) is 2.92. The van der Waals surface area contributed by atoms with E-state index in [2.05, 4.69) is 5.32 Å². The molecule has 7 heteroatoms. The zero-order valence-electron chi connectivity index (χ0n) is 15.4. The number of hydrogen-bond acceptors (Lipinski definition) is 5. The number of aliphatic hydroxyl groups excluding tert-OH is 1. The van der Waals surface area contributed by atoms with Gasteiger partial charge in [0.1, 0.15) is 5.75 Å². The van der Waals surface area contributed by atoms with Crippen molar-refractivity contribution >= 4 is 17.9 Å². The third-order valence-corrected chi connectivity index (χ3v) is 4.45.